The van der Waals surface area contributed by atoms with Gasteiger partial charge in [0.05, 0.1) is 6.42 Å². The van der Waals surface area contributed by atoms with Crippen LogP contribution in [0.25, 0.3) is 0 Å². The van der Waals surface area contributed by atoms with Crippen molar-refractivity contribution in [1.82, 2.24) is 0 Å². The number of unbranched alkanes of at least 4 members (excludes halogenated alkanes) is 8. The van der Waals surface area contributed by atoms with Gasteiger partial charge in [-0.15, -0.1) is 6.58 Å². The largest absolute Gasteiger partial charge is 1.00 e. The zero-order chi connectivity index (χ0) is 20.9. The van der Waals surface area contributed by atoms with Crippen LogP contribution in [-0.4, -0.2) is 39.9 Å². The molecule has 0 aliphatic heterocycles. The second-order valence-corrected chi connectivity index (χ2v) is 8.76. The van der Waals surface area contributed by atoms with Gasteiger partial charge in [0.15, 0.2) is 0 Å². The Morgan fingerprint density at radius 3 is 1.86 bits per heavy atom. The van der Waals surface area contributed by atoms with E-state index in [1.54, 1.807) is 0 Å². The van der Waals surface area contributed by atoms with Crippen LogP contribution >= 0.6 is 0 Å². The summed E-state index contributed by atoms with van der Waals surface area (Å²) >= 11 is 0. The molecule has 0 saturated carbocycles. The van der Waals surface area contributed by atoms with Gasteiger partial charge >= 0.3 is 41.5 Å². The summed E-state index contributed by atoms with van der Waals surface area (Å²) in [4.78, 5) is 22.9. The number of carboxylic acid groups (broad SMARTS) is 2. The number of carboxylic acids is 2. The fraction of sp³-hybridized carbons (Fsp3) is 0.789. The van der Waals surface area contributed by atoms with E-state index in [0.29, 0.717) is 6.42 Å². The maximum absolute atomic E-state index is 11.9. The van der Waals surface area contributed by atoms with Gasteiger partial charge in [-0.2, -0.15) is 8.42 Å². The minimum atomic E-state index is -5.13. The Kier molecular flexibility index (Phi) is 16.4. The third kappa shape index (κ3) is 9.87. The van der Waals surface area contributed by atoms with Crippen LogP contribution < -0.4 is 29.6 Å². The Morgan fingerprint density at radius 1 is 1.04 bits per heavy atom. The molecule has 9 heteroatoms. The molecule has 160 valence electrons. The molecule has 0 saturated heterocycles. The van der Waals surface area contributed by atoms with Crippen molar-refractivity contribution >= 4 is 22.1 Å². The monoisotopic (exact) mass is 430 g/mol. The van der Waals surface area contributed by atoms with E-state index in [4.69, 9.17) is 5.11 Å². The molecule has 0 spiro atoms. The van der Waals surface area contributed by atoms with Crippen LogP contribution in [0, 0.1) is 5.92 Å². The van der Waals surface area contributed by atoms with E-state index in [9.17, 15) is 27.7 Å². The molecule has 0 aliphatic rings. The van der Waals surface area contributed by atoms with Gasteiger partial charge in [0, 0.05) is 0 Å². The van der Waals surface area contributed by atoms with Crippen molar-refractivity contribution in [2.75, 3.05) is 0 Å². The summed E-state index contributed by atoms with van der Waals surface area (Å²) in [7, 11) is -5.13. The molecule has 0 rings (SSSR count). The third-order valence-corrected chi connectivity index (χ3v) is 6.58. The summed E-state index contributed by atoms with van der Waals surface area (Å²) in [6.45, 7) is 5.67. The van der Waals surface area contributed by atoms with Gasteiger partial charge < -0.3 is 11.6 Å². The van der Waals surface area contributed by atoms with E-state index in [2.05, 4.69) is 13.5 Å². The van der Waals surface area contributed by atoms with Gasteiger partial charge in [-0.1, -0.05) is 70.8 Å². The Balaban J connectivity index is -0.00000338. The summed E-state index contributed by atoms with van der Waals surface area (Å²) in [6.07, 6.45) is 9.74. The summed E-state index contributed by atoms with van der Waals surface area (Å²) in [5, 5.41) is 18.6. The van der Waals surface area contributed by atoms with Gasteiger partial charge in [-0.3, -0.25) is 14.1 Å². The van der Waals surface area contributed by atoms with E-state index in [1.807, 2.05) is 0 Å². The van der Waals surface area contributed by atoms with Crippen molar-refractivity contribution in [3.8, 4) is 0 Å². The maximum atomic E-state index is 11.9. The molecule has 0 heterocycles. The molecular weight excluding hydrogens is 395 g/mol. The number of rotatable bonds is 17. The minimum Gasteiger partial charge on any atom is -1.00 e. The van der Waals surface area contributed by atoms with Crippen molar-refractivity contribution in [2.24, 2.45) is 5.92 Å². The smallest absolute Gasteiger partial charge is 1.00 e. The van der Waals surface area contributed by atoms with Crippen molar-refractivity contribution in [3.63, 3.8) is 0 Å². The van der Waals surface area contributed by atoms with Crippen molar-refractivity contribution in [1.29, 1.82) is 0 Å². The standard InChI is InChI=1S/C19H34O7S.Na.H/c1-3-5-6-7-8-9-10-11-12-14-16(13-4-2)19(18(22)23,15-17(20)21)27(24,25)26;;/h4,16H,2-3,5-15H2,1H3,(H,20,21)(H,22,23)(H,24,25,26);;/q;+1;-1. The Hall–Kier alpha value is -0.410. The van der Waals surface area contributed by atoms with Crippen LogP contribution in [0.1, 0.15) is 85.4 Å². The van der Waals surface area contributed by atoms with Crippen LogP contribution in [0.3, 0.4) is 0 Å². The van der Waals surface area contributed by atoms with Gasteiger partial charge in [-0.25, -0.2) is 0 Å². The van der Waals surface area contributed by atoms with Crippen LogP contribution in [-0.2, 0) is 19.7 Å². The molecule has 0 aromatic heterocycles. The van der Waals surface area contributed by atoms with Gasteiger partial charge in [0.25, 0.3) is 10.1 Å². The Bertz CT molecular complexity index is 583. The van der Waals surface area contributed by atoms with Crippen molar-refractivity contribution in [3.05, 3.63) is 12.7 Å². The molecule has 0 bridgehead atoms. The number of hydrogen-bond donors (Lipinski definition) is 3. The van der Waals surface area contributed by atoms with E-state index in [-0.39, 0.29) is 43.8 Å². The molecule has 0 aliphatic carbocycles. The van der Waals surface area contributed by atoms with E-state index < -0.39 is 39.1 Å². The van der Waals surface area contributed by atoms with Crippen molar-refractivity contribution < 1.29 is 63.8 Å². The average molecular weight is 431 g/mol. The molecule has 0 amide bonds. The first-order chi connectivity index (χ1) is 12.6. The summed E-state index contributed by atoms with van der Waals surface area (Å²) in [5.74, 6) is -4.48. The van der Waals surface area contributed by atoms with Crippen LogP contribution in [0.15, 0.2) is 12.7 Å². The number of hydrogen-bond acceptors (Lipinski definition) is 4. The van der Waals surface area contributed by atoms with Crippen LogP contribution in [0.2, 0.25) is 0 Å². The molecular formula is C19H35NaO7S. The SMILES string of the molecule is C=CCC(CCCCCCCCCCC)C(CC(=O)O)(C(=O)O)S(=O)(=O)O.[H-].[Na+]. The molecule has 2 atom stereocenters. The fourth-order valence-corrected chi connectivity index (χ4v) is 4.64. The van der Waals surface area contributed by atoms with E-state index in [0.717, 1.165) is 25.7 Å². The first-order valence-electron chi connectivity index (χ1n) is 9.66. The predicted octanol–water partition coefficient (Wildman–Crippen LogP) is 1.40. The second kappa shape index (κ2) is 15.4. The molecule has 0 fully saturated rings. The van der Waals surface area contributed by atoms with E-state index in [1.165, 1.54) is 31.8 Å². The second-order valence-electron chi connectivity index (χ2n) is 7.08. The van der Waals surface area contributed by atoms with Gasteiger partial charge in [0.1, 0.15) is 0 Å². The zero-order valence-corrected chi connectivity index (χ0v) is 20.0. The fourth-order valence-electron chi connectivity index (χ4n) is 3.48. The van der Waals surface area contributed by atoms with Crippen molar-refractivity contribution in [2.45, 2.75) is 88.7 Å². The van der Waals surface area contributed by atoms with Gasteiger partial charge in [-0.05, 0) is 18.8 Å². The summed E-state index contributed by atoms with van der Waals surface area (Å²) < 4.78 is 30.6. The Morgan fingerprint density at radius 2 is 1.50 bits per heavy atom. The quantitative estimate of drug-likeness (QED) is 0.138. The predicted molar refractivity (Wildman–Crippen MR) is 105 cm³/mol. The first kappa shape index (κ1) is 29.8. The molecule has 28 heavy (non-hydrogen) atoms. The zero-order valence-electron chi connectivity index (χ0n) is 18.2. The molecule has 0 radical (unpaired) electrons. The maximum Gasteiger partial charge on any atom is 1.00 e. The molecule has 7 nitrogen and oxygen atoms in total. The molecule has 0 aromatic carbocycles. The van der Waals surface area contributed by atoms with E-state index >= 15 is 0 Å². The topological polar surface area (TPSA) is 129 Å². The Labute approximate surface area is 192 Å². The van der Waals surface area contributed by atoms with Gasteiger partial charge in [0.2, 0.25) is 4.75 Å². The summed E-state index contributed by atoms with van der Waals surface area (Å²) in [6, 6.07) is 0. The summed E-state index contributed by atoms with van der Waals surface area (Å²) in [5.41, 5.74) is 0. The number of carbonyl (C=O) groups is 2. The molecule has 3 N–H and O–H groups in total. The first-order valence-corrected chi connectivity index (χ1v) is 11.1. The number of allylic oxidation sites excluding steroid dienone is 1. The molecule has 0 aromatic rings. The van der Waals surface area contributed by atoms with Crippen LogP contribution in [0.4, 0.5) is 0 Å². The normalized spacial score (nSPS) is 14.5. The average Bonchev–Trinajstić information content (AvgIpc) is 2.55. The molecule has 2 unspecified atom stereocenters. The van der Waals surface area contributed by atoms with Crippen LogP contribution in [0.5, 0.6) is 0 Å². The third-order valence-electron chi connectivity index (χ3n) is 5.00. The number of aliphatic carboxylic acids is 2. The minimum absolute atomic E-state index is 0.